The van der Waals surface area contributed by atoms with Crippen molar-refractivity contribution in [3.05, 3.63) is 59.7 Å². The molecule has 0 radical (unpaired) electrons. The molecule has 2 amide bonds. The third kappa shape index (κ3) is 4.18. The molecule has 0 aliphatic carbocycles. The van der Waals surface area contributed by atoms with E-state index in [1.165, 1.54) is 0 Å². The van der Waals surface area contributed by atoms with Crippen LogP contribution in [0.3, 0.4) is 0 Å². The lowest BCUT2D eigenvalue weighted by atomic mass is 10.1. The van der Waals surface area contributed by atoms with E-state index in [1.54, 1.807) is 16.7 Å². The van der Waals surface area contributed by atoms with Crippen LogP contribution in [-0.2, 0) is 11.2 Å². The number of nitrogens with zero attached hydrogens (tertiary/aromatic N) is 1. The summed E-state index contributed by atoms with van der Waals surface area (Å²) in [6.07, 6.45) is 0.469. The summed E-state index contributed by atoms with van der Waals surface area (Å²) in [6, 6.07) is 14.6. The van der Waals surface area contributed by atoms with Gasteiger partial charge in [-0.2, -0.15) is 0 Å². The van der Waals surface area contributed by atoms with Crippen LogP contribution in [0.25, 0.3) is 0 Å². The van der Waals surface area contributed by atoms with Crippen molar-refractivity contribution in [2.45, 2.75) is 17.4 Å². The third-order valence-corrected chi connectivity index (χ3v) is 6.44. The highest BCUT2D eigenvalue weighted by atomic mass is 32.2. The predicted octanol–water partition coefficient (Wildman–Crippen LogP) is 3.17. The maximum Gasteiger partial charge on any atom is 0.287 e. The summed E-state index contributed by atoms with van der Waals surface area (Å²) >= 11 is 2.38. The van der Waals surface area contributed by atoms with E-state index < -0.39 is 6.04 Å². The van der Waals surface area contributed by atoms with Gasteiger partial charge in [-0.15, -0.1) is 11.8 Å². The van der Waals surface area contributed by atoms with Crippen LogP contribution in [0.5, 0.6) is 5.75 Å². The van der Waals surface area contributed by atoms with Gasteiger partial charge in [-0.05, 0) is 29.8 Å². The van der Waals surface area contributed by atoms with Gasteiger partial charge in [0.25, 0.3) is 11.1 Å². The molecule has 4 rings (SSSR count). The third-order valence-electron chi connectivity index (χ3n) is 4.54. The van der Waals surface area contributed by atoms with Gasteiger partial charge in [0.1, 0.15) is 18.4 Å². The minimum absolute atomic E-state index is 0.0365. The number of nitrogens with one attached hydrogen (secondary N) is 1. The van der Waals surface area contributed by atoms with Crippen molar-refractivity contribution >= 4 is 39.8 Å². The molecule has 1 unspecified atom stereocenters. The second-order valence-corrected chi connectivity index (χ2v) is 8.40. The highest BCUT2D eigenvalue weighted by Gasteiger charge is 2.31. The van der Waals surface area contributed by atoms with E-state index in [0.717, 1.165) is 27.8 Å². The molecular formula is C20H18N2O4S2. The first-order chi connectivity index (χ1) is 13.6. The Kier molecular flexibility index (Phi) is 5.59. The first kappa shape index (κ1) is 18.9. The largest absolute Gasteiger partial charge is 0.492 e. The zero-order chi connectivity index (χ0) is 19.5. The van der Waals surface area contributed by atoms with Crippen molar-refractivity contribution in [1.29, 1.82) is 0 Å². The van der Waals surface area contributed by atoms with E-state index in [9.17, 15) is 14.4 Å². The van der Waals surface area contributed by atoms with E-state index in [-0.39, 0.29) is 16.3 Å². The van der Waals surface area contributed by atoms with E-state index in [4.69, 9.17) is 4.74 Å². The SMILES string of the molecule is O=C1NC(Cc2ccc(OCCN3CSc4ccccc4C3=O)cc2)C(=O)S1. The van der Waals surface area contributed by atoms with Gasteiger partial charge >= 0.3 is 0 Å². The minimum Gasteiger partial charge on any atom is -0.492 e. The number of hydrogen-bond donors (Lipinski definition) is 1. The van der Waals surface area contributed by atoms with Crippen LogP contribution in [-0.4, -0.2) is 46.2 Å². The summed E-state index contributed by atoms with van der Waals surface area (Å²) in [5.74, 6) is 1.36. The smallest absolute Gasteiger partial charge is 0.287 e. The molecule has 2 aliphatic rings. The molecule has 2 aromatic rings. The first-order valence-corrected chi connectivity index (χ1v) is 10.7. The van der Waals surface area contributed by atoms with Crippen LogP contribution in [0, 0.1) is 0 Å². The first-order valence-electron chi connectivity index (χ1n) is 8.85. The Labute approximate surface area is 171 Å². The minimum atomic E-state index is -0.463. The zero-order valence-electron chi connectivity index (χ0n) is 14.9. The van der Waals surface area contributed by atoms with Gasteiger partial charge in [0, 0.05) is 23.1 Å². The highest BCUT2D eigenvalue weighted by Crippen LogP contribution is 2.29. The number of thioether (sulfide) groups is 2. The lowest BCUT2D eigenvalue weighted by Crippen LogP contribution is -2.37. The zero-order valence-corrected chi connectivity index (χ0v) is 16.6. The molecule has 28 heavy (non-hydrogen) atoms. The Morgan fingerprint density at radius 1 is 1.07 bits per heavy atom. The fourth-order valence-electron chi connectivity index (χ4n) is 3.07. The molecule has 2 heterocycles. The van der Waals surface area contributed by atoms with Crippen molar-refractivity contribution in [1.82, 2.24) is 10.2 Å². The number of carbonyl (C=O) groups is 3. The predicted molar refractivity (Wildman–Crippen MR) is 109 cm³/mol. The molecule has 0 aromatic heterocycles. The molecule has 1 fully saturated rings. The number of amides is 2. The van der Waals surface area contributed by atoms with Crippen LogP contribution in [0.15, 0.2) is 53.4 Å². The number of benzene rings is 2. The van der Waals surface area contributed by atoms with Gasteiger partial charge in [0.05, 0.1) is 18.0 Å². The van der Waals surface area contributed by atoms with Crippen LogP contribution < -0.4 is 10.1 Å². The Morgan fingerprint density at radius 2 is 1.86 bits per heavy atom. The summed E-state index contributed by atoms with van der Waals surface area (Å²) in [5, 5.41) is 2.22. The summed E-state index contributed by atoms with van der Waals surface area (Å²) in [5.41, 5.74) is 1.70. The van der Waals surface area contributed by atoms with Crippen molar-refractivity contribution in [3.63, 3.8) is 0 Å². The van der Waals surface area contributed by atoms with E-state index >= 15 is 0 Å². The maximum absolute atomic E-state index is 12.5. The lowest BCUT2D eigenvalue weighted by molar-refractivity contribution is -0.112. The monoisotopic (exact) mass is 414 g/mol. The Bertz CT molecular complexity index is 917. The molecule has 0 saturated carbocycles. The molecule has 8 heteroatoms. The molecule has 0 bridgehead atoms. The second-order valence-electron chi connectivity index (χ2n) is 6.44. The van der Waals surface area contributed by atoms with Crippen molar-refractivity contribution in [2.75, 3.05) is 19.0 Å². The normalized spacial score (nSPS) is 18.8. The molecule has 2 aromatic carbocycles. The summed E-state index contributed by atoms with van der Waals surface area (Å²) in [6.45, 7) is 0.920. The fourth-order valence-corrected chi connectivity index (χ4v) is 4.77. The van der Waals surface area contributed by atoms with Gasteiger partial charge in [-0.25, -0.2) is 0 Å². The number of hydrogen-bond acceptors (Lipinski definition) is 6. The molecule has 144 valence electrons. The topological polar surface area (TPSA) is 75.7 Å². The van der Waals surface area contributed by atoms with Crippen LogP contribution in [0.2, 0.25) is 0 Å². The molecule has 0 spiro atoms. The summed E-state index contributed by atoms with van der Waals surface area (Å²) < 4.78 is 5.76. The van der Waals surface area contributed by atoms with Gasteiger partial charge in [-0.1, -0.05) is 24.3 Å². The summed E-state index contributed by atoms with van der Waals surface area (Å²) in [7, 11) is 0. The van der Waals surface area contributed by atoms with Gasteiger partial charge in [0.2, 0.25) is 5.12 Å². The van der Waals surface area contributed by atoms with Gasteiger partial charge in [0.15, 0.2) is 0 Å². The number of rotatable bonds is 6. The van der Waals surface area contributed by atoms with Crippen LogP contribution in [0.1, 0.15) is 15.9 Å². The van der Waals surface area contributed by atoms with Crippen LogP contribution in [0.4, 0.5) is 4.79 Å². The standard InChI is InChI=1S/C20H18N2O4S2/c23-18-15-3-1-2-4-17(15)27-12-22(18)9-10-26-14-7-5-13(6-8-14)11-16-19(24)28-20(25)21-16/h1-8,16H,9-12H2,(H,21,25). The fraction of sp³-hybridized carbons (Fsp3) is 0.250. The quantitative estimate of drug-likeness (QED) is 0.783. The average Bonchev–Trinajstić information content (AvgIpc) is 3.02. The molecule has 1 saturated heterocycles. The van der Waals surface area contributed by atoms with Crippen LogP contribution >= 0.6 is 23.5 Å². The van der Waals surface area contributed by atoms with E-state index in [0.29, 0.717) is 31.2 Å². The number of carbonyl (C=O) groups excluding carboxylic acids is 3. The van der Waals surface area contributed by atoms with Crippen molar-refractivity contribution in [3.8, 4) is 5.75 Å². The maximum atomic E-state index is 12.5. The molecular weight excluding hydrogens is 396 g/mol. The number of ether oxygens (including phenoxy) is 1. The van der Waals surface area contributed by atoms with E-state index in [1.807, 2.05) is 48.5 Å². The van der Waals surface area contributed by atoms with Gasteiger partial charge < -0.3 is 15.0 Å². The summed E-state index contributed by atoms with van der Waals surface area (Å²) in [4.78, 5) is 38.2. The van der Waals surface area contributed by atoms with Crippen molar-refractivity contribution in [2.24, 2.45) is 0 Å². The lowest BCUT2D eigenvalue weighted by Gasteiger charge is -2.27. The van der Waals surface area contributed by atoms with Crippen molar-refractivity contribution < 1.29 is 19.1 Å². The molecule has 6 nitrogen and oxygen atoms in total. The second kappa shape index (κ2) is 8.28. The number of fused-ring (bicyclic) bond motifs is 1. The average molecular weight is 415 g/mol. The molecule has 1 N–H and O–H groups in total. The Morgan fingerprint density at radius 3 is 2.61 bits per heavy atom. The van der Waals surface area contributed by atoms with Gasteiger partial charge in [-0.3, -0.25) is 14.4 Å². The Balaban J connectivity index is 1.27. The molecule has 1 atom stereocenters. The Hall–Kier alpha value is -2.45. The van der Waals surface area contributed by atoms with E-state index in [2.05, 4.69) is 5.32 Å². The highest BCUT2D eigenvalue weighted by molar-refractivity contribution is 8.26. The molecule has 2 aliphatic heterocycles.